The van der Waals surface area contributed by atoms with Crippen LogP contribution in [0.3, 0.4) is 0 Å². The van der Waals surface area contributed by atoms with Gasteiger partial charge < -0.3 is 0 Å². The van der Waals surface area contributed by atoms with E-state index < -0.39 is 15.9 Å². The second-order valence-corrected chi connectivity index (χ2v) is 9.50. The number of fused-ring (bicyclic) bond motifs is 1. The van der Waals surface area contributed by atoms with Gasteiger partial charge in [-0.3, -0.25) is 14.8 Å². The monoisotopic (exact) mass is 437 g/mol. The Labute approximate surface area is 178 Å². The number of anilines is 2. The summed E-state index contributed by atoms with van der Waals surface area (Å²) < 4.78 is 28.9. The number of carbonyl (C=O) groups excluding carboxylic acids is 1. The van der Waals surface area contributed by atoms with Crippen molar-refractivity contribution < 1.29 is 13.2 Å². The molecule has 0 saturated heterocycles. The molecule has 4 rings (SSSR count). The number of hydrogen-bond donors (Lipinski definition) is 2. The summed E-state index contributed by atoms with van der Waals surface area (Å²) in [6.45, 7) is 3.97. The molecule has 2 N–H and O–H groups in total. The smallest absolute Gasteiger partial charge is 0.261 e. The number of thiazole rings is 1. The Morgan fingerprint density at radius 3 is 2.30 bits per heavy atom. The second-order valence-electron chi connectivity index (χ2n) is 6.81. The van der Waals surface area contributed by atoms with Gasteiger partial charge in [0.15, 0.2) is 5.13 Å². The summed E-state index contributed by atoms with van der Waals surface area (Å²) in [6.07, 6.45) is 0. The maximum absolute atomic E-state index is 12.9. The van der Waals surface area contributed by atoms with E-state index in [1.54, 1.807) is 42.5 Å². The highest BCUT2D eigenvalue weighted by molar-refractivity contribution is 7.92. The molecule has 0 radical (unpaired) electrons. The van der Waals surface area contributed by atoms with E-state index in [1.807, 2.05) is 26.0 Å². The van der Waals surface area contributed by atoms with E-state index in [4.69, 9.17) is 0 Å². The second kappa shape index (κ2) is 7.89. The molecule has 0 aliphatic carbocycles. The standard InChI is InChI=1S/C22H19N3O3S2/c1-14-12-13-15(2)20-19(14)23-22(29-20)24-21(26)17-10-6-7-11-18(17)25-30(27,28)16-8-4-3-5-9-16/h3-13,25H,1-2H3,(H,23,24,26). The zero-order valence-electron chi connectivity index (χ0n) is 16.3. The molecule has 0 bridgehead atoms. The van der Waals surface area contributed by atoms with Gasteiger partial charge in [0.25, 0.3) is 15.9 Å². The summed E-state index contributed by atoms with van der Waals surface area (Å²) in [5, 5.41) is 3.27. The number of aryl methyl sites for hydroxylation is 2. The van der Waals surface area contributed by atoms with Crippen molar-refractivity contribution in [2.24, 2.45) is 0 Å². The van der Waals surface area contributed by atoms with Gasteiger partial charge >= 0.3 is 0 Å². The first-order valence-electron chi connectivity index (χ1n) is 9.20. The third-order valence-corrected chi connectivity index (χ3v) is 7.12. The fraction of sp³-hybridized carbons (Fsp3) is 0.0909. The van der Waals surface area contributed by atoms with E-state index in [9.17, 15) is 13.2 Å². The number of carbonyl (C=O) groups is 1. The van der Waals surface area contributed by atoms with E-state index in [-0.39, 0.29) is 16.1 Å². The number of hydrogen-bond acceptors (Lipinski definition) is 5. The first kappa shape index (κ1) is 20.1. The number of sulfonamides is 1. The third-order valence-electron chi connectivity index (χ3n) is 4.63. The van der Waals surface area contributed by atoms with Gasteiger partial charge in [-0.15, -0.1) is 0 Å². The van der Waals surface area contributed by atoms with Crippen LogP contribution in [0, 0.1) is 13.8 Å². The number of benzene rings is 3. The van der Waals surface area contributed by atoms with E-state index in [1.165, 1.54) is 23.5 Å². The predicted octanol–water partition coefficient (Wildman–Crippen LogP) is 4.97. The van der Waals surface area contributed by atoms with Crippen LogP contribution < -0.4 is 10.0 Å². The van der Waals surface area contributed by atoms with Gasteiger partial charge in [-0.2, -0.15) is 0 Å². The molecular weight excluding hydrogens is 418 g/mol. The average molecular weight is 438 g/mol. The van der Waals surface area contributed by atoms with Gasteiger partial charge in [0.2, 0.25) is 0 Å². The summed E-state index contributed by atoms with van der Waals surface area (Å²) in [4.78, 5) is 17.6. The highest BCUT2D eigenvalue weighted by Crippen LogP contribution is 2.31. The molecular formula is C22H19N3O3S2. The van der Waals surface area contributed by atoms with E-state index in [2.05, 4.69) is 15.0 Å². The van der Waals surface area contributed by atoms with Crippen LogP contribution in [0.15, 0.2) is 71.6 Å². The predicted molar refractivity (Wildman–Crippen MR) is 121 cm³/mol. The van der Waals surface area contributed by atoms with Crippen molar-refractivity contribution in [3.8, 4) is 0 Å². The highest BCUT2D eigenvalue weighted by atomic mass is 32.2. The van der Waals surface area contributed by atoms with Crippen molar-refractivity contribution >= 4 is 48.3 Å². The number of nitrogens with zero attached hydrogens (tertiary/aromatic N) is 1. The van der Waals surface area contributed by atoms with Crippen LogP contribution in [0.1, 0.15) is 21.5 Å². The zero-order chi connectivity index (χ0) is 21.3. The Morgan fingerprint density at radius 2 is 1.57 bits per heavy atom. The number of aromatic nitrogens is 1. The van der Waals surface area contributed by atoms with Crippen LogP contribution in [0.2, 0.25) is 0 Å². The fourth-order valence-electron chi connectivity index (χ4n) is 3.05. The molecule has 0 atom stereocenters. The van der Waals surface area contributed by atoms with Crippen LogP contribution in [0.4, 0.5) is 10.8 Å². The minimum atomic E-state index is -3.82. The average Bonchev–Trinajstić information content (AvgIpc) is 3.16. The first-order chi connectivity index (χ1) is 14.3. The molecule has 0 aliphatic rings. The molecule has 1 aromatic heterocycles. The van der Waals surface area contributed by atoms with E-state index in [0.717, 1.165) is 21.3 Å². The summed E-state index contributed by atoms with van der Waals surface area (Å²) in [5.41, 5.74) is 3.39. The van der Waals surface area contributed by atoms with E-state index >= 15 is 0 Å². The summed E-state index contributed by atoms with van der Waals surface area (Å²) in [5.74, 6) is -0.435. The molecule has 152 valence electrons. The van der Waals surface area contributed by atoms with Crippen molar-refractivity contribution in [2.45, 2.75) is 18.7 Å². The Hall–Kier alpha value is -3.23. The lowest BCUT2D eigenvalue weighted by Crippen LogP contribution is -2.18. The molecule has 8 heteroatoms. The molecule has 3 aromatic carbocycles. The Kier molecular flexibility index (Phi) is 5.27. The lowest BCUT2D eigenvalue weighted by Gasteiger charge is -2.12. The molecule has 0 unspecified atom stereocenters. The Morgan fingerprint density at radius 1 is 0.900 bits per heavy atom. The minimum absolute atomic E-state index is 0.123. The van der Waals surface area contributed by atoms with Crippen molar-refractivity contribution in [2.75, 3.05) is 10.0 Å². The summed E-state index contributed by atoms with van der Waals surface area (Å²) in [7, 11) is -3.82. The van der Waals surface area contributed by atoms with Gasteiger partial charge in [-0.1, -0.05) is 53.8 Å². The SMILES string of the molecule is Cc1ccc(C)c2sc(NC(=O)c3ccccc3NS(=O)(=O)c3ccccc3)nc12. The molecule has 30 heavy (non-hydrogen) atoms. The van der Waals surface area contributed by atoms with Gasteiger partial charge in [0.1, 0.15) is 0 Å². The molecule has 0 spiro atoms. The van der Waals surface area contributed by atoms with Crippen LogP contribution in [-0.2, 0) is 10.0 Å². The number of amides is 1. The molecule has 1 heterocycles. The van der Waals surface area contributed by atoms with E-state index in [0.29, 0.717) is 5.13 Å². The van der Waals surface area contributed by atoms with Crippen molar-refractivity contribution in [1.29, 1.82) is 0 Å². The number of rotatable bonds is 5. The minimum Gasteiger partial charge on any atom is -0.298 e. The van der Waals surface area contributed by atoms with Gasteiger partial charge in [0, 0.05) is 0 Å². The molecule has 6 nitrogen and oxygen atoms in total. The highest BCUT2D eigenvalue weighted by Gasteiger charge is 2.19. The molecule has 0 fully saturated rings. The molecule has 4 aromatic rings. The van der Waals surface area contributed by atoms with Gasteiger partial charge in [-0.25, -0.2) is 13.4 Å². The molecule has 0 aliphatic heterocycles. The zero-order valence-corrected chi connectivity index (χ0v) is 18.0. The summed E-state index contributed by atoms with van der Waals surface area (Å²) >= 11 is 1.40. The van der Waals surface area contributed by atoms with Crippen molar-refractivity contribution in [3.05, 3.63) is 83.4 Å². The maximum Gasteiger partial charge on any atom is 0.261 e. The Balaban J connectivity index is 1.63. The maximum atomic E-state index is 12.9. The molecule has 0 saturated carbocycles. The largest absolute Gasteiger partial charge is 0.298 e. The third kappa shape index (κ3) is 3.92. The van der Waals surface area contributed by atoms with Gasteiger partial charge in [0.05, 0.1) is 26.4 Å². The number of para-hydroxylation sites is 1. The first-order valence-corrected chi connectivity index (χ1v) is 11.5. The van der Waals surface area contributed by atoms with Crippen molar-refractivity contribution in [1.82, 2.24) is 4.98 Å². The lowest BCUT2D eigenvalue weighted by molar-refractivity contribution is 0.102. The van der Waals surface area contributed by atoms with Crippen molar-refractivity contribution in [3.63, 3.8) is 0 Å². The van der Waals surface area contributed by atoms with Crippen LogP contribution in [0.25, 0.3) is 10.2 Å². The van der Waals surface area contributed by atoms with Crippen LogP contribution in [-0.4, -0.2) is 19.3 Å². The summed E-state index contributed by atoms with van der Waals surface area (Å²) in [6, 6.07) is 18.5. The van der Waals surface area contributed by atoms with Crippen LogP contribution in [0.5, 0.6) is 0 Å². The molecule has 1 amide bonds. The topological polar surface area (TPSA) is 88.2 Å². The lowest BCUT2D eigenvalue weighted by atomic mass is 10.1. The normalized spacial score (nSPS) is 11.4. The Bertz CT molecular complexity index is 1310. The van der Waals surface area contributed by atoms with Crippen LogP contribution >= 0.6 is 11.3 Å². The fourth-order valence-corrected chi connectivity index (χ4v) is 5.16. The quantitative estimate of drug-likeness (QED) is 0.462. The number of nitrogens with one attached hydrogen (secondary N) is 2. The van der Waals surface area contributed by atoms with Gasteiger partial charge in [-0.05, 0) is 49.2 Å².